The van der Waals surface area contributed by atoms with E-state index in [0.29, 0.717) is 0 Å². The first-order valence-electron chi connectivity index (χ1n) is 6.23. The van der Waals surface area contributed by atoms with Gasteiger partial charge in [0.25, 0.3) is 0 Å². The minimum Gasteiger partial charge on any atom is -0.388 e. The van der Waals surface area contributed by atoms with Crippen molar-refractivity contribution in [3.63, 3.8) is 0 Å². The van der Waals surface area contributed by atoms with E-state index in [1.807, 2.05) is 67.6 Å². The number of aliphatic hydroxyl groups is 1. The fourth-order valence-electron chi connectivity index (χ4n) is 2.13. The van der Waals surface area contributed by atoms with Crippen LogP contribution in [0.15, 0.2) is 60.7 Å². The molecule has 0 aliphatic rings. The Morgan fingerprint density at radius 1 is 0.833 bits per heavy atom. The molecule has 2 heteroatoms. The van der Waals surface area contributed by atoms with Crippen molar-refractivity contribution >= 4 is 0 Å². The van der Waals surface area contributed by atoms with Crippen molar-refractivity contribution in [2.45, 2.75) is 19.1 Å². The molecule has 0 bridgehead atoms. The van der Waals surface area contributed by atoms with Crippen molar-refractivity contribution in [3.8, 4) is 0 Å². The summed E-state index contributed by atoms with van der Waals surface area (Å²) in [6.07, 6.45) is -0.540. The first kappa shape index (κ1) is 12.8. The first-order valence-corrected chi connectivity index (χ1v) is 6.23. The lowest BCUT2D eigenvalue weighted by atomic mass is 9.87. The smallest absolute Gasteiger partial charge is 0.0833 e. The van der Waals surface area contributed by atoms with E-state index in [1.165, 1.54) is 0 Å². The third-order valence-electron chi connectivity index (χ3n) is 3.39. The van der Waals surface area contributed by atoms with E-state index in [1.54, 1.807) is 0 Å². The van der Waals surface area contributed by atoms with Gasteiger partial charge in [0.1, 0.15) is 0 Å². The number of nitrogens with two attached hydrogens (primary N) is 1. The topological polar surface area (TPSA) is 46.2 Å². The molecule has 0 aliphatic heterocycles. The Bertz CT molecular complexity index is 423. The Hall–Kier alpha value is -1.64. The van der Waals surface area contributed by atoms with Crippen LogP contribution < -0.4 is 5.73 Å². The molecule has 0 saturated heterocycles. The van der Waals surface area contributed by atoms with Gasteiger partial charge in [-0.25, -0.2) is 0 Å². The molecule has 0 radical (unpaired) electrons. The minimum atomic E-state index is -0.540. The molecule has 0 fully saturated rings. The van der Waals surface area contributed by atoms with Gasteiger partial charge in [0.2, 0.25) is 0 Å². The summed E-state index contributed by atoms with van der Waals surface area (Å²) in [5.74, 6) is -0.0326. The summed E-state index contributed by atoms with van der Waals surface area (Å²) < 4.78 is 0. The number of rotatable bonds is 4. The fraction of sp³-hybridized carbons (Fsp3) is 0.250. The minimum absolute atomic E-state index is 0.0326. The summed E-state index contributed by atoms with van der Waals surface area (Å²) in [4.78, 5) is 0. The number of benzene rings is 2. The SMILES string of the molecule is C[C@@H]([C@@H](N)c1ccccc1)[C@@H](O)c1ccccc1. The van der Waals surface area contributed by atoms with E-state index in [0.717, 1.165) is 11.1 Å². The molecule has 0 aromatic heterocycles. The lowest BCUT2D eigenvalue weighted by Gasteiger charge is -2.25. The Morgan fingerprint density at radius 2 is 1.28 bits per heavy atom. The van der Waals surface area contributed by atoms with Gasteiger partial charge in [-0.1, -0.05) is 67.6 Å². The summed E-state index contributed by atoms with van der Waals surface area (Å²) >= 11 is 0. The van der Waals surface area contributed by atoms with Gasteiger partial charge in [-0.05, 0) is 11.1 Å². The Kier molecular flexibility index (Phi) is 4.13. The van der Waals surface area contributed by atoms with Crippen LogP contribution in [0, 0.1) is 5.92 Å². The Labute approximate surface area is 108 Å². The number of hydrogen-bond acceptors (Lipinski definition) is 2. The van der Waals surface area contributed by atoms with Crippen LogP contribution in [0.4, 0.5) is 0 Å². The summed E-state index contributed by atoms with van der Waals surface area (Å²) in [7, 11) is 0. The van der Waals surface area contributed by atoms with Crippen molar-refractivity contribution in [1.29, 1.82) is 0 Å². The van der Waals surface area contributed by atoms with Crippen LogP contribution >= 0.6 is 0 Å². The summed E-state index contributed by atoms with van der Waals surface area (Å²) in [6, 6.07) is 19.4. The largest absolute Gasteiger partial charge is 0.388 e. The molecule has 18 heavy (non-hydrogen) atoms. The maximum Gasteiger partial charge on any atom is 0.0833 e. The molecule has 0 saturated carbocycles. The summed E-state index contributed by atoms with van der Waals surface area (Å²) in [6.45, 7) is 1.98. The maximum absolute atomic E-state index is 10.3. The molecular weight excluding hydrogens is 222 g/mol. The molecular formula is C16H19NO. The predicted molar refractivity (Wildman–Crippen MR) is 73.9 cm³/mol. The van der Waals surface area contributed by atoms with Crippen LogP contribution in [0.5, 0.6) is 0 Å². The van der Waals surface area contributed by atoms with Crippen LogP contribution in [0.3, 0.4) is 0 Å². The highest BCUT2D eigenvalue weighted by atomic mass is 16.3. The quantitative estimate of drug-likeness (QED) is 0.864. The number of aliphatic hydroxyl groups excluding tert-OH is 1. The second-order valence-corrected chi connectivity index (χ2v) is 4.65. The van der Waals surface area contributed by atoms with E-state index in [2.05, 4.69) is 0 Å². The van der Waals surface area contributed by atoms with Gasteiger partial charge >= 0.3 is 0 Å². The Morgan fingerprint density at radius 3 is 1.78 bits per heavy atom. The van der Waals surface area contributed by atoms with Gasteiger partial charge in [-0.3, -0.25) is 0 Å². The van der Waals surface area contributed by atoms with Crippen molar-refractivity contribution < 1.29 is 5.11 Å². The molecule has 2 rings (SSSR count). The third kappa shape index (κ3) is 2.78. The van der Waals surface area contributed by atoms with E-state index >= 15 is 0 Å². The van der Waals surface area contributed by atoms with Gasteiger partial charge in [-0.2, -0.15) is 0 Å². The molecule has 0 aliphatic carbocycles. The zero-order valence-electron chi connectivity index (χ0n) is 10.5. The molecule has 94 valence electrons. The lowest BCUT2D eigenvalue weighted by molar-refractivity contribution is 0.103. The van der Waals surface area contributed by atoms with Gasteiger partial charge in [0, 0.05) is 12.0 Å². The normalized spacial score (nSPS) is 15.9. The van der Waals surface area contributed by atoms with Crippen molar-refractivity contribution in [2.75, 3.05) is 0 Å². The van der Waals surface area contributed by atoms with Crippen molar-refractivity contribution in [1.82, 2.24) is 0 Å². The average molecular weight is 241 g/mol. The standard InChI is InChI=1S/C16H19NO/c1-12(15(17)13-8-4-2-5-9-13)16(18)14-10-6-3-7-11-14/h2-12,15-16,18H,17H2,1H3/t12-,15+,16+/m0/s1. The van der Waals surface area contributed by atoms with E-state index in [-0.39, 0.29) is 12.0 Å². The Balaban J connectivity index is 2.14. The molecule has 3 atom stereocenters. The second-order valence-electron chi connectivity index (χ2n) is 4.65. The van der Waals surface area contributed by atoms with Gasteiger partial charge in [-0.15, -0.1) is 0 Å². The monoisotopic (exact) mass is 241 g/mol. The van der Waals surface area contributed by atoms with Crippen LogP contribution in [-0.2, 0) is 0 Å². The van der Waals surface area contributed by atoms with E-state index in [4.69, 9.17) is 5.73 Å². The van der Waals surface area contributed by atoms with Gasteiger partial charge in [0.05, 0.1) is 6.10 Å². The van der Waals surface area contributed by atoms with E-state index < -0.39 is 6.10 Å². The van der Waals surface area contributed by atoms with Crippen LogP contribution in [0.25, 0.3) is 0 Å². The zero-order chi connectivity index (χ0) is 13.0. The van der Waals surface area contributed by atoms with Gasteiger partial charge < -0.3 is 10.8 Å². The average Bonchev–Trinajstić information content (AvgIpc) is 2.47. The highest BCUT2D eigenvalue weighted by Gasteiger charge is 2.23. The highest BCUT2D eigenvalue weighted by molar-refractivity contribution is 5.22. The zero-order valence-corrected chi connectivity index (χ0v) is 10.5. The molecule has 0 unspecified atom stereocenters. The molecule has 0 spiro atoms. The molecule has 2 nitrogen and oxygen atoms in total. The first-order chi connectivity index (χ1) is 8.70. The van der Waals surface area contributed by atoms with Crippen LogP contribution in [0.2, 0.25) is 0 Å². The molecule has 2 aromatic rings. The molecule has 3 N–H and O–H groups in total. The lowest BCUT2D eigenvalue weighted by Crippen LogP contribution is -2.24. The van der Waals surface area contributed by atoms with Crippen molar-refractivity contribution in [2.24, 2.45) is 11.7 Å². The molecule has 2 aromatic carbocycles. The third-order valence-corrected chi connectivity index (χ3v) is 3.39. The van der Waals surface area contributed by atoms with Crippen molar-refractivity contribution in [3.05, 3.63) is 71.8 Å². The maximum atomic E-state index is 10.3. The predicted octanol–water partition coefficient (Wildman–Crippen LogP) is 3.06. The highest BCUT2D eigenvalue weighted by Crippen LogP contribution is 2.30. The fourth-order valence-corrected chi connectivity index (χ4v) is 2.13. The molecule has 0 amide bonds. The molecule has 0 heterocycles. The van der Waals surface area contributed by atoms with Crippen LogP contribution in [0.1, 0.15) is 30.2 Å². The number of hydrogen-bond donors (Lipinski definition) is 2. The summed E-state index contributed by atoms with van der Waals surface area (Å²) in [5, 5.41) is 10.3. The van der Waals surface area contributed by atoms with Crippen LogP contribution in [-0.4, -0.2) is 5.11 Å². The summed E-state index contributed by atoms with van der Waals surface area (Å²) in [5.41, 5.74) is 8.19. The van der Waals surface area contributed by atoms with E-state index in [9.17, 15) is 5.11 Å². The second kappa shape index (κ2) is 5.80. The van der Waals surface area contributed by atoms with Gasteiger partial charge in [0.15, 0.2) is 0 Å².